The van der Waals surface area contributed by atoms with Gasteiger partial charge in [-0.1, -0.05) is 30.3 Å². The molecule has 2 N–H and O–H groups in total. The minimum absolute atomic E-state index is 0.0837. The first-order valence-corrected chi connectivity index (χ1v) is 5.77. The third-order valence-electron chi connectivity index (χ3n) is 2.59. The molecule has 0 aliphatic carbocycles. The fraction of sp³-hybridized carbons (Fsp3) is 0.385. The SMILES string of the molecule is CO[C@@H](C)C(NC(=O)OCc1ccccc1)C(=O)O. The van der Waals surface area contributed by atoms with E-state index in [4.69, 9.17) is 14.6 Å². The molecule has 0 saturated carbocycles. The molecule has 6 heteroatoms. The third-order valence-corrected chi connectivity index (χ3v) is 2.59. The summed E-state index contributed by atoms with van der Waals surface area (Å²) in [5.41, 5.74) is 0.823. The largest absolute Gasteiger partial charge is 0.480 e. The van der Waals surface area contributed by atoms with Gasteiger partial charge < -0.3 is 19.9 Å². The number of hydrogen-bond donors (Lipinski definition) is 2. The second kappa shape index (κ2) is 7.38. The number of aliphatic carboxylic acids is 1. The predicted molar refractivity (Wildman–Crippen MR) is 67.7 cm³/mol. The Labute approximate surface area is 111 Å². The monoisotopic (exact) mass is 267 g/mol. The van der Waals surface area contributed by atoms with E-state index in [1.165, 1.54) is 7.11 Å². The van der Waals surface area contributed by atoms with Gasteiger partial charge in [0.05, 0.1) is 6.10 Å². The molecule has 19 heavy (non-hydrogen) atoms. The highest BCUT2D eigenvalue weighted by molar-refractivity contribution is 5.80. The zero-order valence-electron chi connectivity index (χ0n) is 10.8. The zero-order chi connectivity index (χ0) is 14.3. The molecule has 1 rings (SSSR count). The van der Waals surface area contributed by atoms with Gasteiger partial charge in [0.25, 0.3) is 0 Å². The van der Waals surface area contributed by atoms with Crippen molar-refractivity contribution in [1.29, 1.82) is 0 Å². The molecular formula is C13H17NO5. The van der Waals surface area contributed by atoms with Gasteiger partial charge in [-0.15, -0.1) is 0 Å². The van der Waals surface area contributed by atoms with Crippen molar-refractivity contribution in [3.63, 3.8) is 0 Å². The minimum Gasteiger partial charge on any atom is -0.480 e. The lowest BCUT2D eigenvalue weighted by atomic mass is 10.2. The number of benzene rings is 1. The van der Waals surface area contributed by atoms with Crippen molar-refractivity contribution in [2.24, 2.45) is 0 Å². The van der Waals surface area contributed by atoms with Crippen LogP contribution in [0.2, 0.25) is 0 Å². The van der Waals surface area contributed by atoms with Crippen LogP contribution in [0, 0.1) is 0 Å². The van der Waals surface area contributed by atoms with Crippen LogP contribution < -0.4 is 5.32 Å². The predicted octanol–water partition coefficient (Wildman–Crippen LogP) is 1.40. The highest BCUT2D eigenvalue weighted by atomic mass is 16.5. The van der Waals surface area contributed by atoms with E-state index in [0.29, 0.717) is 0 Å². The Kier molecular flexibility index (Phi) is 5.81. The molecule has 0 aliphatic heterocycles. The number of hydrogen-bond acceptors (Lipinski definition) is 4. The quantitative estimate of drug-likeness (QED) is 0.813. The molecular weight excluding hydrogens is 250 g/mol. The van der Waals surface area contributed by atoms with E-state index in [1.54, 1.807) is 19.1 Å². The first-order valence-electron chi connectivity index (χ1n) is 5.77. The molecule has 1 unspecified atom stereocenters. The Morgan fingerprint density at radius 2 is 1.95 bits per heavy atom. The first kappa shape index (κ1) is 15.0. The minimum atomic E-state index is -1.17. The number of nitrogens with one attached hydrogen (secondary N) is 1. The lowest BCUT2D eigenvalue weighted by Crippen LogP contribution is -2.48. The number of carbonyl (C=O) groups excluding carboxylic acids is 1. The van der Waals surface area contributed by atoms with Crippen molar-refractivity contribution in [2.75, 3.05) is 7.11 Å². The highest BCUT2D eigenvalue weighted by Gasteiger charge is 2.27. The third kappa shape index (κ3) is 4.97. The summed E-state index contributed by atoms with van der Waals surface area (Å²) in [6, 6.07) is 7.96. The maximum absolute atomic E-state index is 11.5. The molecule has 0 aromatic heterocycles. The summed E-state index contributed by atoms with van der Waals surface area (Å²) in [4.78, 5) is 22.5. The Hall–Kier alpha value is -2.08. The molecule has 0 radical (unpaired) electrons. The maximum atomic E-state index is 11.5. The number of amides is 1. The van der Waals surface area contributed by atoms with Crippen molar-refractivity contribution in [1.82, 2.24) is 5.32 Å². The summed E-state index contributed by atoms with van der Waals surface area (Å²) in [5.74, 6) is -1.17. The van der Waals surface area contributed by atoms with Gasteiger partial charge in [-0.25, -0.2) is 9.59 Å². The summed E-state index contributed by atoms with van der Waals surface area (Å²) < 4.78 is 9.82. The molecule has 0 spiro atoms. The summed E-state index contributed by atoms with van der Waals surface area (Å²) in [5, 5.41) is 11.2. The van der Waals surface area contributed by atoms with Gasteiger partial charge in [-0.3, -0.25) is 0 Å². The molecule has 1 aromatic rings. The number of carboxylic acid groups (broad SMARTS) is 1. The Balaban J connectivity index is 2.47. The molecule has 104 valence electrons. The number of ether oxygens (including phenoxy) is 2. The second-order valence-electron chi connectivity index (χ2n) is 3.96. The van der Waals surface area contributed by atoms with E-state index in [9.17, 15) is 9.59 Å². The smallest absolute Gasteiger partial charge is 0.408 e. The zero-order valence-corrected chi connectivity index (χ0v) is 10.8. The van der Waals surface area contributed by atoms with E-state index in [2.05, 4.69) is 5.32 Å². The molecule has 0 fully saturated rings. The van der Waals surface area contributed by atoms with Gasteiger partial charge >= 0.3 is 12.1 Å². The van der Waals surface area contributed by atoms with Gasteiger partial charge in [-0.2, -0.15) is 0 Å². The number of methoxy groups -OCH3 is 1. The van der Waals surface area contributed by atoms with Crippen LogP contribution in [-0.4, -0.2) is 36.4 Å². The van der Waals surface area contributed by atoms with E-state index < -0.39 is 24.2 Å². The van der Waals surface area contributed by atoms with Gasteiger partial charge in [0.1, 0.15) is 6.61 Å². The molecule has 6 nitrogen and oxygen atoms in total. The molecule has 0 heterocycles. The van der Waals surface area contributed by atoms with Crippen molar-refractivity contribution in [2.45, 2.75) is 25.7 Å². The van der Waals surface area contributed by atoms with Gasteiger partial charge in [-0.05, 0) is 12.5 Å². The Bertz CT molecular complexity index is 420. The lowest BCUT2D eigenvalue weighted by molar-refractivity contribution is -0.142. The van der Waals surface area contributed by atoms with Crippen molar-refractivity contribution in [3.8, 4) is 0 Å². The van der Waals surface area contributed by atoms with Crippen LogP contribution in [-0.2, 0) is 20.9 Å². The van der Waals surface area contributed by atoms with E-state index in [1.807, 2.05) is 18.2 Å². The Morgan fingerprint density at radius 3 is 2.47 bits per heavy atom. The van der Waals surface area contributed by atoms with Crippen LogP contribution in [0.1, 0.15) is 12.5 Å². The standard InChI is InChI=1S/C13H17NO5/c1-9(18-2)11(12(15)16)14-13(17)19-8-10-6-4-3-5-7-10/h3-7,9,11H,8H2,1-2H3,(H,14,17)(H,15,16)/t9-,11?/m0/s1. The van der Waals surface area contributed by atoms with E-state index >= 15 is 0 Å². The number of carboxylic acids is 1. The topological polar surface area (TPSA) is 84.9 Å². The van der Waals surface area contributed by atoms with Gasteiger partial charge in [0.2, 0.25) is 0 Å². The normalized spacial score (nSPS) is 13.4. The average molecular weight is 267 g/mol. The van der Waals surface area contributed by atoms with Gasteiger partial charge in [0, 0.05) is 7.11 Å². The molecule has 1 aromatic carbocycles. The van der Waals surface area contributed by atoms with Crippen LogP contribution in [0.25, 0.3) is 0 Å². The molecule has 0 bridgehead atoms. The van der Waals surface area contributed by atoms with Crippen LogP contribution in [0.5, 0.6) is 0 Å². The summed E-state index contributed by atoms with van der Waals surface area (Å²) in [6.07, 6.45) is -1.44. The second-order valence-corrected chi connectivity index (χ2v) is 3.96. The number of carbonyl (C=O) groups is 2. The number of alkyl carbamates (subject to hydrolysis) is 1. The average Bonchev–Trinajstić information content (AvgIpc) is 2.42. The molecule has 0 aliphatic rings. The first-order chi connectivity index (χ1) is 9.04. The van der Waals surface area contributed by atoms with Crippen molar-refractivity contribution < 1.29 is 24.2 Å². The van der Waals surface area contributed by atoms with Crippen molar-refractivity contribution in [3.05, 3.63) is 35.9 Å². The molecule has 1 amide bonds. The van der Waals surface area contributed by atoms with E-state index in [-0.39, 0.29) is 6.61 Å². The fourth-order valence-electron chi connectivity index (χ4n) is 1.41. The highest BCUT2D eigenvalue weighted by Crippen LogP contribution is 2.02. The molecule has 2 atom stereocenters. The van der Waals surface area contributed by atoms with Crippen LogP contribution in [0.4, 0.5) is 4.79 Å². The fourth-order valence-corrected chi connectivity index (χ4v) is 1.41. The van der Waals surface area contributed by atoms with E-state index in [0.717, 1.165) is 5.56 Å². The lowest BCUT2D eigenvalue weighted by Gasteiger charge is -2.19. The summed E-state index contributed by atoms with van der Waals surface area (Å²) in [6.45, 7) is 1.64. The Morgan fingerprint density at radius 1 is 1.32 bits per heavy atom. The van der Waals surface area contributed by atoms with Crippen molar-refractivity contribution >= 4 is 12.1 Å². The summed E-state index contributed by atoms with van der Waals surface area (Å²) >= 11 is 0. The number of rotatable bonds is 6. The van der Waals surface area contributed by atoms with Crippen LogP contribution in [0.15, 0.2) is 30.3 Å². The van der Waals surface area contributed by atoms with Crippen LogP contribution in [0.3, 0.4) is 0 Å². The summed E-state index contributed by atoms with van der Waals surface area (Å²) in [7, 11) is 1.37. The van der Waals surface area contributed by atoms with Crippen LogP contribution >= 0.6 is 0 Å². The molecule has 0 saturated heterocycles. The maximum Gasteiger partial charge on any atom is 0.408 e. The van der Waals surface area contributed by atoms with Gasteiger partial charge in [0.15, 0.2) is 6.04 Å².